The molecule has 0 aliphatic rings. The van der Waals surface area contributed by atoms with Gasteiger partial charge in [0.15, 0.2) is 11.5 Å². The number of anilines is 1. The number of carboxylic acid groups (broad SMARTS) is 1. The molecule has 30 heavy (non-hydrogen) atoms. The molecule has 5 nitrogen and oxygen atoms in total. The van der Waals surface area contributed by atoms with Gasteiger partial charge >= 0.3 is 5.97 Å². The Morgan fingerprint density at radius 1 is 1.07 bits per heavy atom. The standard InChI is InChI=1S/C24H24BrNO4/c1-15-6-4-5-7-18(15)14-30-23-19(20(25)9-11-22(23)29-3)13-26-21-10-8-17(24(27)28)12-16(21)2/h4-12,26H,13-14H2,1-3H3,(H,27,28). The number of methoxy groups -OCH3 is 1. The van der Waals surface area contributed by atoms with Crippen LogP contribution < -0.4 is 14.8 Å². The molecule has 0 aliphatic heterocycles. The van der Waals surface area contributed by atoms with Crippen LogP contribution in [0.1, 0.15) is 32.6 Å². The lowest BCUT2D eigenvalue weighted by molar-refractivity contribution is 0.0697. The van der Waals surface area contributed by atoms with E-state index in [1.165, 1.54) is 5.56 Å². The van der Waals surface area contributed by atoms with Crippen LogP contribution in [0.25, 0.3) is 0 Å². The van der Waals surface area contributed by atoms with Crippen molar-refractivity contribution in [2.24, 2.45) is 0 Å². The molecule has 3 aromatic rings. The number of halogens is 1. The van der Waals surface area contributed by atoms with Crippen LogP contribution in [0.3, 0.4) is 0 Å². The first kappa shape index (κ1) is 21.7. The molecule has 0 spiro atoms. The van der Waals surface area contributed by atoms with Crippen molar-refractivity contribution in [2.75, 3.05) is 12.4 Å². The zero-order valence-electron chi connectivity index (χ0n) is 17.2. The maximum absolute atomic E-state index is 11.2. The van der Waals surface area contributed by atoms with Gasteiger partial charge in [-0.2, -0.15) is 0 Å². The Balaban J connectivity index is 1.85. The van der Waals surface area contributed by atoms with Crippen molar-refractivity contribution in [1.82, 2.24) is 0 Å². The second kappa shape index (κ2) is 9.67. The molecule has 2 N–H and O–H groups in total. The molecule has 0 unspecified atom stereocenters. The van der Waals surface area contributed by atoms with Gasteiger partial charge in [-0.05, 0) is 60.9 Å². The minimum Gasteiger partial charge on any atom is -0.493 e. The van der Waals surface area contributed by atoms with Gasteiger partial charge in [-0.1, -0.05) is 40.2 Å². The molecule has 0 fully saturated rings. The summed E-state index contributed by atoms with van der Waals surface area (Å²) in [6.45, 7) is 4.85. The zero-order chi connectivity index (χ0) is 21.7. The predicted octanol–water partition coefficient (Wildman–Crippen LogP) is 5.96. The lowest BCUT2D eigenvalue weighted by Gasteiger charge is -2.19. The Bertz CT molecular complexity index is 1070. The van der Waals surface area contributed by atoms with Gasteiger partial charge in [0, 0.05) is 22.3 Å². The summed E-state index contributed by atoms with van der Waals surface area (Å²) in [5.74, 6) is 0.385. The molecule has 0 saturated heterocycles. The van der Waals surface area contributed by atoms with Crippen LogP contribution in [0.2, 0.25) is 0 Å². The third-order valence-electron chi connectivity index (χ3n) is 4.95. The highest BCUT2D eigenvalue weighted by Gasteiger charge is 2.16. The predicted molar refractivity (Wildman–Crippen MR) is 122 cm³/mol. The normalized spacial score (nSPS) is 10.5. The monoisotopic (exact) mass is 469 g/mol. The van der Waals surface area contributed by atoms with Crippen molar-refractivity contribution in [3.05, 3.63) is 86.9 Å². The van der Waals surface area contributed by atoms with E-state index in [2.05, 4.69) is 34.2 Å². The van der Waals surface area contributed by atoms with E-state index in [-0.39, 0.29) is 5.56 Å². The maximum atomic E-state index is 11.2. The molecular formula is C24H24BrNO4. The van der Waals surface area contributed by atoms with E-state index in [0.717, 1.165) is 26.9 Å². The summed E-state index contributed by atoms with van der Waals surface area (Å²) in [4.78, 5) is 11.2. The van der Waals surface area contributed by atoms with E-state index in [1.54, 1.807) is 25.3 Å². The highest BCUT2D eigenvalue weighted by Crippen LogP contribution is 2.37. The summed E-state index contributed by atoms with van der Waals surface area (Å²) in [7, 11) is 1.62. The zero-order valence-corrected chi connectivity index (χ0v) is 18.7. The molecule has 3 aromatic carbocycles. The fourth-order valence-corrected chi connectivity index (χ4v) is 3.62. The van der Waals surface area contributed by atoms with E-state index in [9.17, 15) is 4.79 Å². The van der Waals surface area contributed by atoms with Crippen molar-refractivity contribution >= 4 is 27.6 Å². The number of hydrogen-bond donors (Lipinski definition) is 2. The molecule has 0 aromatic heterocycles. The molecule has 156 valence electrons. The molecule has 0 radical (unpaired) electrons. The fraction of sp³-hybridized carbons (Fsp3) is 0.208. The summed E-state index contributed by atoms with van der Waals surface area (Å²) >= 11 is 3.62. The third kappa shape index (κ3) is 4.94. The van der Waals surface area contributed by atoms with Crippen molar-refractivity contribution in [1.29, 1.82) is 0 Å². The van der Waals surface area contributed by atoms with Crippen molar-refractivity contribution in [3.63, 3.8) is 0 Å². The molecule has 0 bridgehead atoms. The molecule has 0 saturated carbocycles. The van der Waals surface area contributed by atoms with Crippen molar-refractivity contribution < 1.29 is 19.4 Å². The lowest BCUT2D eigenvalue weighted by atomic mass is 10.1. The number of carbonyl (C=O) groups is 1. The lowest BCUT2D eigenvalue weighted by Crippen LogP contribution is -2.08. The smallest absolute Gasteiger partial charge is 0.335 e. The quantitative estimate of drug-likeness (QED) is 0.425. The number of ether oxygens (including phenoxy) is 2. The number of aryl methyl sites for hydroxylation is 2. The van der Waals surface area contributed by atoms with Crippen LogP contribution in [-0.4, -0.2) is 18.2 Å². The first-order valence-electron chi connectivity index (χ1n) is 9.51. The SMILES string of the molecule is COc1ccc(Br)c(CNc2ccc(C(=O)O)cc2C)c1OCc1ccccc1C. The summed E-state index contributed by atoms with van der Waals surface area (Å²) < 4.78 is 12.6. The van der Waals surface area contributed by atoms with Crippen LogP contribution >= 0.6 is 15.9 Å². The number of rotatable bonds is 8. The van der Waals surface area contributed by atoms with E-state index in [1.807, 2.05) is 37.3 Å². The van der Waals surface area contributed by atoms with Crippen LogP contribution in [0.4, 0.5) is 5.69 Å². The molecule has 0 atom stereocenters. The molecule has 3 rings (SSSR count). The van der Waals surface area contributed by atoms with Crippen molar-refractivity contribution in [3.8, 4) is 11.5 Å². The van der Waals surface area contributed by atoms with E-state index >= 15 is 0 Å². The average molecular weight is 470 g/mol. The number of nitrogens with one attached hydrogen (secondary N) is 1. The number of aromatic carboxylic acids is 1. The summed E-state index contributed by atoms with van der Waals surface area (Å²) in [6.07, 6.45) is 0. The second-order valence-corrected chi connectivity index (χ2v) is 7.82. The molecule has 0 heterocycles. The second-order valence-electron chi connectivity index (χ2n) is 6.96. The highest BCUT2D eigenvalue weighted by atomic mass is 79.9. The van der Waals surface area contributed by atoms with Crippen LogP contribution in [-0.2, 0) is 13.2 Å². The van der Waals surface area contributed by atoms with Gasteiger partial charge in [-0.25, -0.2) is 4.79 Å². The largest absolute Gasteiger partial charge is 0.493 e. The Morgan fingerprint density at radius 2 is 1.83 bits per heavy atom. The Morgan fingerprint density at radius 3 is 2.50 bits per heavy atom. The highest BCUT2D eigenvalue weighted by molar-refractivity contribution is 9.10. The summed E-state index contributed by atoms with van der Waals surface area (Å²) in [5, 5.41) is 12.5. The van der Waals surface area contributed by atoms with Crippen molar-refractivity contribution in [2.45, 2.75) is 27.0 Å². The fourth-order valence-electron chi connectivity index (χ4n) is 3.17. The van der Waals surface area contributed by atoms with Gasteiger partial charge in [-0.15, -0.1) is 0 Å². The van der Waals surface area contributed by atoms with Crippen LogP contribution in [0, 0.1) is 13.8 Å². The Labute approximate surface area is 184 Å². The minimum atomic E-state index is -0.938. The van der Waals surface area contributed by atoms with Gasteiger partial charge in [0.2, 0.25) is 0 Å². The van der Waals surface area contributed by atoms with Gasteiger partial charge in [0.05, 0.1) is 12.7 Å². The van der Waals surface area contributed by atoms with Crippen LogP contribution in [0.15, 0.2) is 59.1 Å². The van der Waals surface area contributed by atoms with Gasteiger partial charge in [0.1, 0.15) is 6.61 Å². The minimum absolute atomic E-state index is 0.267. The maximum Gasteiger partial charge on any atom is 0.335 e. The first-order valence-corrected chi connectivity index (χ1v) is 10.3. The van der Waals surface area contributed by atoms with Gasteiger partial charge < -0.3 is 19.9 Å². The number of benzene rings is 3. The topological polar surface area (TPSA) is 67.8 Å². The molecule has 0 amide bonds. The summed E-state index contributed by atoms with van der Waals surface area (Å²) in [6, 6.07) is 16.9. The van der Waals surface area contributed by atoms with E-state index in [4.69, 9.17) is 14.6 Å². The first-order chi connectivity index (χ1) is 14.4. The Hall–Kier alpha value is -2.99. The number of carboxylic acids is 1. The van der Waals surface area contributed by atoms with Gasteiger partial charge in [-0.3, -0.25) is 0 Å². The van der Waals surface area contributed by atoms with Gasteiger partial charge in [0.25, 0.3) is 0 Å². The van der Waals surface area contributed by atoms with E-state index < -0.39 is 5.97 Å². The Kier molecular flexibility index (Phi) is 7.00. The average Bonchev–Trinajstić information content (AvgIpc) is 2.73. The molecule has 0 aliphatic carbocycles. The van der Waals surface area contributed by atoms with E-state index in [0.29, 0.717) is 24.7 Å². The van der Waals surface area contributed by atoms with Crippen LogP contribution in [0.5, 0.6) is 11.5 Å². The molecular weight excluding hydrogens is 446 g/mol. The third-order valence-corrected chi connectivity index (χ3v) is 5.69. The summed E-state index contributed by atoms with van der Waals surface area (Å²) in [5.41, 5.74) is 5.18. The molecule has 6 heteroatoms. The number of hydrogen-bond acceptors (Lipinski definition) is 4.